The van der Waals surface area contributed by atoms with E-state index in [2.05, 4.69) is 50.9 Å². The Morgan fingerprint density at radius 2 is 1.48 bits per heavy atom. The molecule has 0 unspecified atom stereocenters. The lowest BCUT2D eigenvalue weighted by Crippen LogP contribution is -2.33. The molecule has 0 fully saturated rings. The molecule has 0 radical (unpaired) electrons. The van der Waals surface area contributed by atoms with Gasteiger partial charge < -0.3 is 0 Å². The summed E-state index contributed by atoms with van der Waals surface area (Å²) in [6.07, 6.45) is -2.27. The summed E-state index contributed by atoms with van der Waals surface area (Å²) in [5.41, 5.74) is 4.06. The average Bonchev–Trinajstić information content (AvgIpc) is 3.14. The number of hydrogen-bond donors (Lipinski definition) is 0. The summed E-state index contributed by atoms with van der Waals surface area (Å²) in [5.74, 6) is 0. The van der Waals surface area contributed by atoms with Crippen LogP contribution in [0, 0.1) is 0 Å². The zero-order valence-electron chi connectivity index (χ0n) is 17.6. The van der Waals surface area contributed by atoms with Crippen LogP contribution in [0.1, 0.15) is 57.2 Å². The third kappa shape index (κ3) is 4.12. The number of fused-ring (bicyclic) bond motifs is 1. The van der Waals surface area contributed by atoms with E-state index in [0.29, 0.717) is 10.6 Å². The maximum absolute atomic E-state index is 13.0. The highest BCUT2D eigenvalue weighted by molar-refractivity contribution is 7.13. The third-order valence-corrected chi connectivity index (χ3v) is 7.69. The van der Waals surface area contributed by atoms with Crippen molar-refractivity contribution in [1.29, 1.82) is 0 Å². The van der Waals surface area contributed by atoms with Gasteiger partial charge in [-0.05, 0) is 53.0 Å². The van der Waals surface area contributed by atoms with Crippen molar-refractivity contribution in [3.05, 3.63) is 62.4 Å². The number of nitrogens with zero attached hydrogens (tertiary/aromatic N) is 1. The van der Waals surface area contributed by atoms with E-state index in [1.165, 1.54) is 22.5 Å². The van der Waals surface area contributed by atoms with Gasteiger partial charge in [-0.2, -0.15) is 13.2 Å². The van der Waals surface area contributed by atoms with Crippen LogP contribution >= 0.6 is 34.5 Å². The lowest BCUT2D eigenvalue weighted by molar-refractivity contribution is -0.137. The molecule has 1 nitrogen and oxygen atoms in total. The normalized spacial score (nSPS) is 17.5. The number of thiazole rings is 1. The van der Waals surface area contributed by atoms with Gasteiger partial charge in [0.1, 0.15) is 5.01 Å². The second-order valence-corrected chi connectivity index (χ2v) is 11.1. The highest BCUT2D eigenvalue weighted by Crippen LogP contribution is 2.47. The van der Waals surface area contributed by atoms with Gasteiger partial charge in [-0.1, -0.05) is 63.0 Å². The molecule has 0 atom stereocenters. The third-order valence-electron chi connectivity index (χ3n) is 6.24. The molecular weight excluding hydrogens is 462 g/mol. The van der Waals surface area contributed by atoms with Crippen LogP contribution < -0.4 is 0 Å². The molecule has 0 amide bonds. The van der Waals surface area contributed by atoms with E-state index in [9.17, 15) is 13.2 Å². The molecule has 164 valence electrons. The minimum Gasteiger partial charge on any atom is -0.236 e. The zero-order valence-corrected chi connectivity index (χ0v) is 20.0. The van der Waals surface area contributed by atoms with E-state index in [0.717, 1.165) is 36.2 Å². The number of halogens is 5. The average molecular weight is 484 g/mol. The Hall–Kier alpha value is -1.56. The van der Waals surface area contributed by atoms with Crippen molar-refractivity contribution in [3.63, 3.8) is 0 Å². The Bertz CT molecular complexity index is 1140. The SMILES string of the molecule is CC1(C)CCC(C)(C)c2cc(-c3csc(-c4c(Cl)cc(C(F)(F)F)cc4Cl)n3)ccc21. The second-order valence-electron chi connectivity index (χ2n) is 9.38. The van der Waals surface area contributed by atoms with Crippen molar-refractivity contribution in [2.24, 2.45) is 0 Å². The highest BCUT2D eigenvalue weighted by atomic mass is 35.5. The molecule has 3 aromatic rings. The van der Waals surface area contributed by atoms with Crippen molar-refractivity contribution >= 4 is 34.5 Å². The number of rotatable bonds is 2. The van der Waals surface area contributed by atoms with Crippen LogP contribution in [0.2, 0.25) is 10.0 Å². The molecule has 0 saturated heterocycles. The number of aromatic nitrogens is 1. The first-order valence-electron chi connectivity index (χ1n) is 9.97. The summed E-state index contributed by atoms with van der Waals surface area (Å²) in [6.45, 7) is 9.07. The molecule has 0 saturated carbocycles. The first-order valence-corrected chi connectivity index (χ1v) is 11.6. The zero-order chi connectivity index (χ0) is 22.8. The summed E-state index contributed by atoms with van der Waals surface area (Å²) >= 11 is 13.7. The molecule has 1 aromatic heterocycles. The molecular formula is C24H22Cl2F3NS. The van der Waals surface area contributed by atoms with Gasteiger partial charge in [0.05, 0.1) is 21.3 Å². The first-order chi connectivity index (χ1) is 14.3. The first kappa shape index (κ1) is 22.6. The molecule has 2 aromatic carbocycles. The van der Waals surface area contributed by atoms with Crippen molar-refractivity contribution in [1.82, 2.24) is 4.98 Å². The van der Waals surface area contributed by atoms with Gasteiger partial charge in [-0.3, -0.25) is 0 Å². The summed E-state index contributed by atoms with van der Waals surface area (Å²) in [5, 5.41) is 2.27. The fourth-order valence-corrected chi connectivity index (χ4v) is 5.89. The van der Waals surface area contributed by atoms with E-state index < -0.39 is 11.7 Å². The van der Waals surface area contributed by atoms with Crippen LogP contribution in [0.25, 0.3) is 21.8 Å². The Balaban J connectivity index is 1.76. The van der Waals surface area contributed by atoms with Crippen molar-refractivity contribution in [3.8, 4) is 21.8 Å². The van der Waals surface area contributed by atoms with E-state index >= 15 is 0 Å². The number of hydrogen-bond acceptors (Lipinski definition) is 2. The molecule has 0 spiro atoms. The fourth-order valence-electron chi connectivity index (χ4n) is 4.21. The topological polar surface area (TPSA) is 12.9 Å². The van der Waals surface area contributed by atoms with Crippen LogP contribution in [-0.2, 0) is 17.0 Å². The van der Waals surface area contributed by atoms with Gasteiger partial charge in [0.15, 0.2) is 0 Å². The molecule has 1 aliphatic carbocycles. The summed E-state index contributed by atoms with van der Waals surface area (Å²) in [6, 6.07) is 8.24. The predicted molar refractivity (Wildman–Crippen MR) is 123 cm³/mol. The monoisotopic (exact) mass is 483 g/mol. The maximum Gasteiger partial charge on any atom is 0.416 e. The van der Waals surface area contributed by atoms with Gasteiger partial charge in [-0.15, -0.1) is 11.3 Å². The Morgan fingerprint density at radius 1 is 0.903 bits per heavy atom. The lowest BCUT2D eigenvalue weighted by Gasteiger charge is -2.42. The number of alkyl halides is 3. The van der Waals surface area contributed by atoms with Crippen LogP contribution in [0.5, 0.6) is 0 Å². The Labute approximate surface area is 194 Å². The molecule has 0 aliphatic heterocycles. The smallest absolute Gasteiger partial charge is 0.236 e. The standard InChI is InChI=1S/C24H22Cl2F3NS/c1-22(2)7-8-23(3,4)16-9-13(5-6-15(16)22)19-12-31-21(30-19)20-17(25)10-14(11-18(20)26)24(27,28)29/h5-6,9-12H,7-8H2,1-4H3. The van der Waals surface area contributed by atoms with Gasteiger partial charge in [0, 0.05) is 16.5 Å². The lowest BCUT2D eigenvalue weighted by atomic mass is 9.63. The van der Waals surface area contributed by atoms with Crippen molar-refractivity contribution in [2.45, 2.75) is 57.5 Å². The van der Waals surface area contributed by atoms with E-state index in [1.807, 2.05) is 5.38 Å². The van der Waals surface area contributed by atoms with Crippen molar-refractivity contribution in [2.75, 3.05) is 0 Å². The molecule has 7 heteroatoms. The van der Waals surface area contributed by atoms with Gasteiger partial charge in [-0.25, -0.2) is 4.98 Å². The highest BCUT2D eigenvalue weighted by Gasteiger charge is 2.37. The number of benzene rings is 2. The van der Waals surface area contributed by atoms with Gasteiger partial charge >= 0.3 is 6.18 Å². The molecule has 1 aliphatic rings. The molecule has 1 heterocycles. The van der Waals surface area contributed by atoms with Crippen LogP contribution in [0.3, 0.4) is 0 Å². The molecule has 0 N–H and O–H groups in total. The van der Waals surface area contributed by atoms with E-state index in [4.69, 9.17) is 23.2 Å². The fraction of sp³-hybridized carbons (Fsp3) is 0.375. The van der Waals surface area contributed by atoms with E-state index in [1.54, 1.807) is 0 Å². The van der Waals surface area contributed by atoms with Crippen LogP contribution in [0.4, 0.5) is 13.2 Å². The largest absolute Gasteiger partial charge is 0.416 e. The summed E-state index contributed by atoms with van der Waals surface area (Å²) in [4.78, 5) is 4.67. The Kier molecular flexibility index (Phi) is 5.47. The predicted octanol–water partition coefficient (Wildman–Crippen LogP) is 9.15. The summed E-state index contributed by atoms with van der Waals surface area (Å²) < 4.78 is 39.1. The van der Waals surface area contributed by atoms with Crippen LogP contribution in [-0.4, -0.2) is 4.98 Å². The van der Waals surface area contributed by atoms with Gasteiger partial charge in [0.2, 0.25) is 0 Å². The molecule has 0 bridgehead atoms. The van der Waals surface area contributed by atoms with Gasteiger partial charge in [0.25, 0.3) is 0 Å². The van der Waals surface area contributed by atoms with Crippen LogP contribution in [0.15, 0.2) is 35.7 Å². The molecule has 31 heavy (non-hydrogen) atoms. The van der Waals surface area contributed by atoms with E-state index in [-0.39, 0.29) is 20.9 Å². The minimum atomic E-state index is -4.51. The summed E-state index contributed by atoms with van der Waals surface area (Å²) in [7, 11) is 0. The minimum absolute atomic E-state index is 0.0611. The second kappa shape index (κ2) is 7.50. The quantitative estimate of drug-likeness (QED) is 0.353. The molecule has 4 rings (SSSR count). The maximum atomic E-state index is 13.0. The van der Waals surface area contributed by atoms with Crippen molar-refractivity contribution < 1.29 is 13.2 Å². The Morgan fingerprint density at radius 3 is 2.06 bits per heavy atom.